The zero-order valence-corrected chi connectivity index (χ0v) is 21.6. The highest BCUT2D eigenvalue weighted by Gasteiger charge is 2.51. The largest absolute Gasteiger partial charge is 0.573 e. The number of carboxylic acids is 1. The molecule has 7 rings (SSSR count). The van der Waals surface area contributed by atoms with E-state index in [0.29, 0.717) is 24.2 Å². The van der Waals surface area contributed by atoms with Crippen molar-refractivity contribution in [2.24, 2.45) is 17.8 Å². The number of hydrogen-bond donors (Lipinski definition) is 2. The molecule has 0 aliphatic heterocycles. The van der Waals surface area contributed by atoms with Crippen LogP contribution in [0.4, 0.5) is 23.2 Å². The van der Waals surface area contributed by atoms with Crippen molar-refractivity contribution in [3.63, 3.8) is 0 Å². The second kappa shape index (κ2) is 10.5. The molecule has 8 nitrogen and oxygen atoms in total. The molecule has 4 saturated carbocycles. The molecule has 2 aromatic carbocycles. The number of nitrogens with one attached hydrogen (secondary N) is 1. The standard InChI is InChI=1S/C29H26F4N2O6/c30-21-6-3-5-19(28(37)38)25(21)34-27(36)23-15-10-16(23)12-17(11-15)39-13-20-24(35-41-26(20)14-8-9-14)18-4-1-2-7-22(18)40-29(31,32)33/h1-7,14-17,23H,8-13H2,(H,34,36)(H,37,38). The predicted octanol–water partition coefficient (Wildman–Crippen LogP) is 6.52. The second-order valence-corrected chi connectivity index (χ2v) is 10.8. The molecule has 41 heavy (non-hydrogen) atoms. The van der Waals surface area contributed by atoms with E-state index in [-0.39, 0.29) is 58.7 Å². The Bertz CT molecular complexity index is 1470. The monoisotopic (exact) mass is 574 g/mol. The minimum Gasteiger partial charge on any atom is -0.478 e. The van der Waals surface area contributed by atoms with Gasteiger partial charge in [0.1, 0.15) is 23.0 Å². The summed E-state index contributed by atoms with van der Waals surface area (Å²) < 4.78 is 69.5. The Kier molecular flexibility index (Phi) is 6.96. The number of aromatic carboxylic acids is 1. The van der Waals surface area contributed by atoms with Gasteiger partial charge in [-0.1, -0.05) is 23.4 Å². The molecule has 12 heteroatoms. The number of amides is 1. The molecule has 4 aliphatic rings. The predicted molar refractivity (Wildman–Crippen MR) is 135 cm³/mol. The quantitative estimate of drug-likeness (QED) is 0.280. The average Bonchev–Trinajstić information content (AvgIpc) is 3.67. The van der Waals surface area contributed by atoms with Gasteiger partial charge >= 0.3 is 12.3 Å². The SMILES string of the molecule is O=C(O)c1cccc(F)c1NC(=O)C1C2CC(OCc3c(-c4ccccc4OC(F)(F)F)noc3C3CC3)CC1C2. The van der Waals surface area contributed by atoms with Crippen LogP contribution in [-0.2, 0) is 16.1 Å². The van der Waals surface area contributed by atoms with Crippen molar-refractivity contribution in [3.8, 4) is 17.0 Å². The van der Waals surface area contributed by atoms with E-state index in [2.05, 4.69) is 15.2 Å². The second-order valence-electron chi connectivity index (χ2n) is 10.8. The summed E-state index contributed by atoms with van der Waals surface area (Å²) >= 11 is 0. The van der Waals surface area contributed by atoms with E-state index in [1.165, 1.54) is 30.3 Å². The van der Waals surface area contributed by atoms with E-state index < -0.39 is 30.0 Å². The Morgan fingerprint density at radius 2 is 1.78 bits per heavy atom. The number of hydrogen-bond acceptors (Lipinski definition) is 6. The molecular formula is C29H26F4N2O6. The summed E-state index contributed by atoms with van der Waals surface area (Å²) in [5, 5.41) is 15.9. The number of rotatable bonds is 9. The Morgan fingerprint density at radius 1 is 1.05 bits per heavy atom. The molecule has 2 atom stereocenters. The number of carbonyl (C=O) groups is 2. The van der Waals surface area contributed by atoms with Crippen molar-refractivity contribution in [1.29, 1.82) is 0 Å². The first-order valence-corrected chi connectivity index (χ1v) is 13.4. The topological polar surface area (TPSA) is 111 Å². The maximum Gasteiger partial charge on any atom is 0.573 e. The number of ether oxygens (including phenoxy) is 2. The van der Waals surface area contributed by atoms with Crippen molar-refractivity contribution >= 4 is 17.6 Å². The Balaban J connectivity index is 1.14. The van der Waals surface area contributed by atoms with Gasteiger partial charge < -0.3 is 24.4 Å². The minimum absolute atomic E-state index is 0.0236. The van der Waals surface area contributed by atoms with Crippen LogP contribution in [0.5, 0.6) is 5.75 Å². The molecular weight excluding hydrogens is 548 g/mol. The van der Waals surface area contributed by atoms with Gasteiger partial charge in [0.15, 0.2) is 0 Å². The Morgan fingerprint density at radius 3 is 2.46 bits per heavy atom. The number of nitrogens with zero attached hydrogens (tertiary/aromatic N) is 1. The van der Waals surface area contributed by atoms with Crippen LogP contribution < -0.4 is 10.1 Å². The number of halogens is 4. The fraction of sp³-hybridized carbons (Fsp3) is 0.414. The molecule has 2 N–H and O–H groups in total. The van der Waals surface area contributed by atoms with Crippen molar-refractivity contribution < 1.29 is 46.3 Å². The van der Waals surface area contributed by atoms with E-state index >= 15 is 0 Å². The third-order valence-corrected chi connectivity index (χ3v) is 8.15. The van der Waals surface area contributed by atoms with Gasteiger partial charge in [-0.2, -0.15) is 0 Å². The van der Waals surface area contributed by atoms with Gasteiger partial charge in [0.05, 0.1) is 24.0 Å². The molecule has 2 bridgehead atoms. The summed E-state index contributed by atoms with van der Waals surface area (Å²) in [6.07, 6.45) is -1.38. The maximum absolute atomic E-state index is 14.3. The lowest BCUT2D eigenvalue weighted by molar-refractivity contribution is -0.274. The van der Waals surface area contributed by atoms with E-state index in [1.807, 2.05) is 0 Å². The van der Waals surface area contributed by atoms with Gasteiger partial charge in [0.2, 0.25) is 5.91 Å². The lowest BCUT2D eigenvalue weighted by Crippen LogP contribution is -2.51. The van der Waals surface area contributed by atoms with Crippen LogP contribution in [-0.4, -0.2) is 34.6 Å². The van der Waals surface area contributed by atoms with Crippen molar-refractivity contribution in [1.82, 2.24) is 5.16 Å². The number of alkyl halides is 3. The van der Waals surface area contributed by atoms with Gasteiger partial charge in [0, 0.05) is 23.0 Å². The summed E-state index contributed by atoms with van der Waals surface area (Å²) in [6, 6.07) is 9.34. The van der Waals surface area contributed by atoms with E-state index in [0.717, 1.165) is 25.3 Å². The number of fused-ring (bicyclic) bond motifs is 2. The van der Waals surface area contributed by atoms with Crippen molar-refractivity contribution in [3.05, 3.63) is 65.2 Å². The van der Waals surface area contributed by atoms with Crippen LogP contribution in [0.1, 0.15) is 59.7 Å². The minimum atomic E-state index is -4.87. The summed E-state index contributed by atoms with van der Waals surface area (Å²) in [5.41, 5.74) is 0.313. The van der Waals surface area contributed by atoms with Crippen LogP contribution in [0.25, 0.3) is 11.3 Å². The Hall–Kier alpha value is -3.93. The van der Waals surface area contributed by atoms with Gasteiger partial charge in [0.25, 0.3) is 0 Å². The van der Waals surface area contributed by atoms with Crippen LogP contribution in [0.2, 0.25) is 0 Å². The zero-order valence-electron chi connectivity index (χ0n) is 21.6. The molecule has 4 aliphatic carbocycles. The first-order valence-electron chi connectivity index (χ1n) is 13.4. The summed E-state index contributed by atoms with van der Waals surface area (Å²) in [7, 11) is 0. The molecule has 1 amide bonds. The summed E-state index contributed by atoms with van der Waals surface area (Å²) in [5.74, 6) is -2.67. The van der Waals surface area contributed by atoms with Crippen LogP contribution >= 0.6 is 0 Å². The molecule has 216 valence electrons. The number of anilines is 1. The van der Waals surface area contributed by atoms with Crippen molar-refractivity contribution in [2.75, 3.05) is 5.32 Å². The fourth-order valence-electron chi connectivity index (χ4n) is 6.15. The van der Waals surface area contributed by atoms with E-state index in [9.17, 15) is 32.3 Å². The van der Waals surface area contributed by atoms with Crippen molar-refractivity contribution in [2.45, 2.75) is 57.1 Å². The maximum atomic E-state index is 14.3. The first-order chi connectivity index (χ1) is 19.6. The summed E-state index contributed by atoms with van der Waals surface area (Å²) in [6.45, 7) is 0.0726. The molecule has 0 saturated heterocycles. The number of benzene rings is 2. The molecule has 2 unspecified atom stereocenters. The highest BCUT2D eigenvalue weighted by atomic mass is 19.4. The zero-order chi connectivity index (χ0) is 28.9. The lowest BCUT2D eigenvalue weighted by Gasteiger charge is -2.51. The first kappa shape index (κ1) is 27.3. The summed E-state index contributed by atoms with van der Waals surface area (Å²) in [4.78, 5) is 24.5. The van der Waals surface area contributed by atoms with Gasteiger partial charge in [-0.15, -0.1) is 13.2 Å². The number of aromatic nitrogens is 1. The van der Waals surface area contributed by atoms with Crippen LogP contribution in [0, 0.1) is 23.6 Å². The van der Waals surface area contributed by atoms with Gasteiger partial charge in [-0.25, -0.2) is 9.18 Å². The molecule has 4 fully saturated rings. The Labute approximate surface area is 231 Å². The molecule has 0 radical (unpaired) electrons. The number of carbonyl (C=O) groups excluding carboxylic acids is 1. The molecule has 1 aromatic heterocycles. The highest BCUT2D eigenvalue weighted by molar-refractivity contribution is 6.01. The molecule has 3 aromatic rings. The molecule has 1 heterocycles. The third kappa shape index (κ3) is 5.52. The van der Waals surface area contributed by atoms with E-state index in [4.69, 9.17) is 9.26 Å². The highest BCUT2D eigenvalue weighted by Crippen LogP contribution is 2.52. The fourth-order valence-corrected chi connectivity index (χ4v) is 6.15. The van der Waals surface area contributed by atoms with E-state index in [1.54, 1.807) is 6.07 Å². The lowest BCUT2D eigenvalue weighted by atomic mass is 9.56. The number of para-hydroxylation sites is 2. The normalized spacial score (nSPS) is 23.5. The average molecular weight is 575 g/mol. The van der Waals surface area contributed by atoms with Crippen LogP contribution in [0.3, 0.4) is 0 Å². The van der Waals surface area contributed by atoms with Gasteiger partial charge in [-0.05, 0) is 68.2 Å². The van der Waals surface area contributed by atoms with Gasteiger partial charge in [-0.3, -0.25) is 4.79 Å². The number of carboxylic acid groups (broad SMARTS) is 1. The molecule has 0 spiro atoms. The third-order valence-electron chi connectivity index (χ3n) is 8.15. The smallest absolute Gasteiger partial charge is 0.478 e. The van der Waals surface area contributed by atoms with Crippen LogP contribution in [0.15, 0.2) is 47.0 Å².